The Morgan fingerprint density at radius 1 is 1.24 bits per heavy atom. The number of sulfonamides is 1. The number of hydrogen-bond acceptors (Lipinski definition) is 3. The van der Waals surface area contributed by atoms with Crippen LogP contribution in [0, 0.1) is 6.92 Å². The van der Waals surface area contributed by atoms with Crippen molar-refractivity contribution in [1.29, 1.82) is 0 Å². The molecule has 2 rings (SSSR count). The highest BCUT2D eigenvalue weighted by Crippen LogP contribution is 2.15. The molecule has 114 valence electrons. The van der Waals surface area contributed by atoms with Gasteiger partial charge in [-0.05, 0) is 37.6 Å². The van der Waals surface area contributed by atoms with Crippen molar-refractivity contribution < 1.29 is 8.42 Å². The summed E-state index contributed by atoms with van der Waals surface area (Å²) in [6.07, 6.45) is 2.19. The van der Waals surface area contributed by atoms with Crippen LogP contribution in [0.2, 0.25) is 10.0 Å². The molecule has 0 fully saturated rings. The van der Waals surface area contributed by atoms with E-state index in [0.29, 0.717) is 29.6 Å². The number of halogens is 2. The van der Waals surface area contributed by atoms with Gasteiger partial charge in [0.1, 0.15) is 0 Å². The molecule has 0 spiro atoms. The van der Waals surface area contributed by atoms with Gasteiger partial charge in [-0.2, -0.15) is 5.10 Å². The highest BCUT2D eigenvalue weighted by Gasteiger charge is 2.13. The topological polar surface area (TPSA) is 64.0 Å². The summed E-state index contributed by atoms with van der Waals surface area (Å²) in [5.41, 5.74) is 0.872. The second kappa shape index (κ2) is 6.79. The van der Waals surface area contributed by atoms with Crippen LogP contribution in [0.25, 0.3) is 0 Å². The SMILES string of the molecule is Cc1c(Cl)cnn1CCCNS(=O)(=O)c1ccc(Cl)cc1. The van der Waals surface area contributed by atoms with Crippen LogP contribution in [0.5, 0.6) is 0 Å². The van der Waals surface area contributed by atoms with Crippen LogP contribution in [0.4, 0.5) is 0 Å². The highest BCUT2D eigenvalue weighted by atomic mass is 35.5. The number of rotatable bonds is 6. The Hall–Kier alpha value is -1.08. The average Bonchev–Trinajstić information content (AvgIpc) is 2.76. The number of aryl methyl sites for hydroxylation is 1. The maximum atomic E-state index is 12.0. The van der Waals surface area contributed by atoms with Crippen molar-refractivity contribution >= 4 is 33.2 Å². The standard InChI is InChI=1S/C13H15Cl2N3O2S/c1-10-13(15)9-16-18(10)8-2-7-17-21(19,20)12-5-3-11(14)4-6-12/h3-6,9,17H,2,7-8H2,1H3. The zero-order chi connectivity index (χ0) is 15.5. The minimum atomic E-state index is -3.50. The summed E-state index contributed by atoms with van der Waals surface area (Å²) in [5, 5.41) is 5.22. The third-order valence-electron chi connectivity index (χ3n) is 3.01. The molecule has 0 aliphatic rings. The second-order valence-electron chi connectivity index (χ2n) is 4.51. The van der Waals surface area contributed by atoms with E-state index in [0.717, 1.165) is 5.69 Å². The number of nitrogens with zero attached hydrogens (tertiary/aromatic N) is 2. The lowest BCUT2D eigenvalue weighted by atomic mass is 10.4. The molecule has 0 aliphatic heterocycles. The quantitative estimate of drug-likeness (QED) is 0.817. The maximum Gasteiger partial charge on any atom is 0.240 e. The van der Waals surface area contributed by atoms with Crippen LogP contribution in [0.1, 0.15) is 12.1 Å². The summed E-state index contributed by atoms with van der Waals surface area (Å²) in [7, 11) is -3.50. The smallest absolute Gasteiger partial charge is 0.240 e. The van der Waals surface area contributed by atoms with Crippen molar-refractivity contribution in [3.8, 4) is 0 Å². The zero-order valence-corrected chi connectivity index (χ0v) is 13.7. The fourth-order valence-corrected chi connectivity index (χ4v) is 3.12. The number of aromatic nitrogens is 2. The van der Waals surface area contributed by atoms with Gasteiger partial charge in [-0.25, -0.2) is 13.1 Å². The maximum absolute atomic E-state index is 12.0. The molecular formula is C13H15Cl2N3O2S. The molecule has 0 aliphatic carbocycles. The second-order valence-corrected chi connectivity index (χ2v) is 7.12. The molecule has 1 aromatic heterocycles. The number of nitrogens with one attached hydrogen (secondary N) is 1. The monoisotopic (exact) mass is 347 g/mol. The first-order valence-corrected chi connectivity index (χ1v) is 8.57. The third-order valence-corrected chi connectivity index (χ3v) is 5.11. The van der Waals surface area contributed by atoms with Crippen molar-refractivity contribution in [2.75, 3.05) is 6.54 Å². The molecule has 21 heavy (non-hydrogen) atoms. The van der Waals surface area contributed by atoms with Gasteiger partial charge >= 0.3 is 0 Å². The van der Waals surface area contributed by atoms with Crippen LogP contribution in [-0.4, -0.2) is 24.7 Å². The minimum absolute atomic E-state index is 0.199. The molecule has 0 radical (unpaired) electrons. The molecule has 0 unspecified atom stereocenters. The predicted molar refractivity (Wildman–Crippen MR) is 83.2 cm³/mol. The van der Waals surface area contributed by atoms with Crippen LogP contribution >= 0.6 is 23.2 Å². The Labute approximate surface area is 133 Å². The minimum Gasteiger partial charge on any atom is -0.268 e. The molecule has 1 aromatic carbocycles. The number of benzene rings is 1. The fourth-order valence-electron chi connectivity index (χ4n) is 1.78. The molecule has 1 heterocycles. The van der Waals surface area contributed by atoms with Crippen molar-refractivity contribution in [2.45, 2.75) is 24.8 Å². The lowest BCUT2D eigenvalue weighted by Gasteiger charge is -2.08. The van der Waals surface area contributed by atoms with E-state index in [1.165, 1.54) is 12.1 Å². The Kier molecular flexibility index (Phi) is 5.27. The van der Waals surface area contributed by atoms with Gasteiger partial charge in [-0.3, -0.25) is 4.68 Å². The van der Waals surface area contributed by atoms with Crippen LogP contribution in [0.15, 0.2) is 35.4 Å². The summed E-state index contributed by atoms with van der Waals surface area (Å²) in [4.78, 5) is 0.199. The van der Waals surface area contributed by atoms with Crippen LogP contribution in [0.3, 0.4) is 0 Å². The average molecular weight is 348 g/mol. The van der Waals surface area contributed by atoms with E-state index in [1.807, 2.05) is 6.92 Å². The lowest BCUT2D eigenvalue weighted by molar-refractivity contribution is 0.546. The molecule has 0 saturated carbocycles. The molecule has 5 nitrogen and oxygen atoms in total. The summed E-state index contributed by atoms with van der Waals surface area (Å²) >= 11 is 11.6. The summed E-state index contributed by atoms with van der Waals surface area (Å²) < 4.78 is 28.4. The van der Waals surface area contributed by atoms with Crippen molar-refractivity contribution in [3.05, 3.63) is 46.2 Å². The lowest BCUT2D eigenvalue weighted by Crippen LogP contribution is -2.25. The van der Waals surface area contributed by atoms with Crippen molar-refractivity contribution in [1.82, 2.24) is 14.5 Å². The first-order chi connectivity index (χ1) is 9.90. The molecule has 0 bridgehead atoms. The van der Waals surface area contributed by atoms with Gasteiger partial charge in [-0.15, -0.1) is 0 Å². The predicted octanol–water partition coefficient (Wildman–Crippen LogP) is 2.87. The van der Waals surface area contributed by atoms with E-state index in [1.54, 1.807) is 23.0 Å². The Bertz CT molecular complexity index is 712. The molecule has 1 N–H and O–H groups in total. The van der Waals surface area contributed by atoms with E-state index in [-0.39, 0.29) is 4.90 Å². The largest absolute Gasteiger partial charge is 0.268 e. The van der Waals surface area contributed by atoms with Crippen molar-refractivity contribution in [2.24, 2.45) is 0 Å². The zero-order valence-electron chi connectivity index (χ0n) is 11.4. The summed E-state index contributed by atoms with van der Waals surface area (Å²) in [6.45, 7) is 2.79. The summed E-state index contributed by atoms with van der Waals surface area (Å²) in [5.74, 6) is 0. The fraction of sp³-hybridized carbons (Fsp3) is 0.308. The first-order valence-electron chi connectivity index (χ1n) is 6.33. The molecule has 8 heteroatoms. The van der Waals surface area contributed by atoms with Gasteiger partial charge < -0.3 is 0 Å². The highest BCUT2D eigenvalue weighted by molar-refractivity contribution is 7.89. The Balaban J connectivity index is 1.88. The third kappa shape index (κ3) is 4.20. The Morgan fingerprint density at radius 3 is 2.48 bits per heavy atom. The van der Waals surface area contributed by atoms with E-state index in [4.69, 9.17) is 23.2 Å². The molecule has 2 aromatic rings. The van der Waals surface area contributed by atoms with Crippen LogP contribution in [-0.2, 0) is 16.6 Å². The van der Waals surface area contributed by atoms with E-state index in [2.05, 4.69) is 9.82 Å². The van der Waals surface area contributed by atoms with E-state index < -0.39 is 10.0 Å². The molecule has 0 atom stereocenters. The van der Waals surface area contributed by atoms with Crippen LogP contribution < -0.4 is 4.72 Å². The van der Waals surface area contributed by atoms with Gasteiger partial charge in [0.15, 0.2) is 0 Å². The molecule has 0 amide bonds. The number of hydrogen-bond donors (Lipinski definition) is 1. The van der Waals surface area contributed by atoms with Gasteiger partial charge in [0.2, 0.25) is 10.0 Å². The van der Waals surface area contributed by atoms with E-state index >= 15 is 0 Å². The Morgan fingerprint density at radius 2 is 1.90 bits per heavy atom. The first kappa shape index (κ1) is 16.3. The molecular weight excluding hydrogens is 333 g/mol. The van der Waals surface area contributed by atoms with Gasteiger partial charge in [0, 0.05) is 18.1 Å². The normalized spacial score (nSPS) is 11.8. The van der Waals surface area contributed by atoms with Gasteiger partial charge in [0.25, 0.3) is 0 Å². The van der Waals surface area contributed by atoms with Crippen molar-refractivity contribution in [3.63, 3.8) is 0 Å². The van der Waals surface area contributed by atoms with Gasteiger partial charge in [0.05, 0.1) is 21.8 Å². The summed E-state index contributed by atoms with van der Waals surface area (Å²) in [6, 6.07) is 6.04. The van der Waals surface area contributed by atoms with Gasteiger partial charge in [-0.1, -0.05) is 23.2 Å². The molecule has 0 saturated heterocycles. The van der Waals surface area contributed by atoms with E-state index in [9.17, 15) is 8.42 Å².